The van der Waals surface area contributed by atoms with E-state index in [1.54, 1.807) is 18.2 Å². The van der Waals surface area contributed by atoms with E-state index in [0.29, 0.717) is 5.58 Å². The lowest BCUT2D eigenvalue weighted by molar-refractivity contribution is 0.294. The second-order valence-electron chi connectivity index (χ2n) is 6.85. The Morgan fingerprint density at radius 3 is 2.65 bits per heavy atom. The van der Waals surface area contributed by atoms with Crippen molar-refractivity contribution >= 4 is 16.5 Å². The zero-order chi connectivity index (χ0) is 18.1. The second-order valence-corrected chi connectivity index (χ2v) is 6.85. The van der Waals surface area contributed by atoms with Gasteiger partial charge in [-0.05, 0) is 53.8 Å². The van der Waals surface area contributed by atoms with E-state index in [2.05, 4.69) is 11.0 Å². The number of hydrogen-bond donors (Lipinski definition) is 1. The molecule has 0 saturated heterocycles. The van der Waals surface area contributed by atoms with Crippen LogP contribution in [0.4, 0.5) is 0 Å². The average molecular weight is 347 g/mol. The third kappa shape index (κ3) is 3.41. The molecule has 0 saturated carbocycles. The number of phenols is 1. The van der Waals surface area contributed by atoms with Gasteiger partial charge in [-0.3, -0.25) is 4.90 Å². The van der Waals surface area contributed by atoms with Crippen LogP contribution in [0.25, 0.3) is 16.5 Å². The molecule has 132 valence electrons. The molecule has 4 heteroatoms. The van der Waals surface area contributed by atoms with Gasteiger partial charge < -0.3 is 9.52 Å². The van der Waals surface area contributed by atoms with Gasteiger partial charge in [-0.15, -0.1) is 0 Å². The molecule has 0 fully saturated rings. The average Bonchev–Trinajstić information content (AvgIpc) is 2.62. The van der Waals surface area contributed by atoms with Crippen LogP contribution in [0.2, 0.25) is 0 Å². The minimum atomic E-state index is -0.296. The monoisotopic (exact) mass is 347 g/mol. The van der Waals surface area contributed by atoms with Gasteiger partial charge in [-0.1, -0.05) is 30.3 Å². The first-order chi connectivity index (χ1) is 12.6. The highest BCUT2D eigenvalue weighted by atomic mass is 16.4. The van der Waals surface area contributed by atoms with E-state index in [1.807, 2.05) is 37.3 Å². The van der Waals surface area contributed by atoms with Crippen LogP contribution < -0.4 is 5.63 Å². The normalized spacial score (nSPS) is 15.2. The highest BCUT2D eigenvalue weighted by Gasteiger charge is 2.15. The van der Waals surface area contributed by atoms with E-state index in [4.69, 9.17) is 4.42 Å². The molecule has 0 unspecified atom stereocenters. The molecule has 2 aromatic carbocycles. The maximum absolute atomic E-state index is 11.9. The first kappa shape index (κ1) is 16.6. The summed E-state index contributed by atoms with van der Waals surface area (Å²) in [6.45, 7) is 4.49. The lowest BCUT2D eigenvalue weighted by Crippen LogP contribution is -2.28. The summed E-state index contributed by atoms with van der Waals surface area (Å²) >= 11 is 0. The van der Waals surface area contributed by atoms with Crippen molar-refractivity contribution in [3.63, 3.8) is 0 Å². The molecule has 0 spiro atoms. The van der Waals surface area contributed by atoms with E-state index in [0.717, 1.165) is 48.1 Å². The van der Waals surface area contributed by atoms with Crippen LogP contribution in [0.5, 0.6) is 5.75 Å². The van der Waals surface area contributed by atoms with Crippen molar-refractivity contribution in [2.75, 3.05) is 13.1 Å². The Morgan fingerprint density at radius 1 is 1.12 bits per heavy atom. The van der Waals surface area contributed by atoms with E-state index >= 15 is 0 Å². The minimum Gasteiger partial charge on any atom is -0.508 e. The first-order valence-electron chi connectivity index (χ1n) is 8.83. The van der Waals surface area contributed by atoms with Gasteiger partial charge >= 0.3 is 5.63 Å². The van der Waals surface area contributed by atoms with Crippen LogP contribution in [0, 0.1) is 6.92 Å². The molecule has 1 aliphatic heterocycles. The van der Waals surface area contributed by atoms with Crippen LogP contribution in [0.15, 0.2) is 63.8 Å². The van der Waals surface area contributed by atoms with Crippen molar-refractivity contribution in [3.05, 3.63) is 81.7 Å². The van der Waals surface area contributed by atoms with E-state index in [1.165, 1.54) is 5.57 Å². The predicted molar refractivity (Wildman–Crippen MR) is 103 cm³/mol. The van der Waals surface area contributed by atoms with Crippen LogP contribution in [0.1, 0.15) is 23.1 Å². The van der Waals surface area contributed by atoms with Crippen LogP contribution >= 0.6 is 0 Å². The Kier molecular flexibility index (Phi) is 4.35. The van der Waals surface area contributed by atoms with Crippen molar-refractivity contribution in [1.82, 2.24) is 4.90 Å². The van der Waals surface area contributed by atoms with Crippen LogP contribution in [0.3, 0.4) is 0 Å². The Balaban J connectivity index is 1.55. The van der Waals surface area contributed by atoms with Gasteiger partial charge in [0, 0.05) is 31.1 Å². The zero-order valence-electron chi connectivity index (χ0n) is 14.7. The largest absolute Gasteiger partial charge is 0.508 e. The summed E-state index contributed by atoms with van der Waals surface area (Å²) in [5.41, 5.74) is 4.91. The van der Waals surface area contributed by atoms with Crippen molar-refractivity contribution in [2.24, 2.45) is 0 Å². The summed E-state index contributed by atoms with van der Waals surface area (Å²) in [7, 11) is 0. The molecule has 2 heterocycles. The number of benzene rings is 2. The summed E-state index contributed by atoms with van der Waals surface area (Å²) in [6, 6.07) is 15.0. The fourth-order valence-corrected chi connectivity index (χ4v) is 3.50. The summed E-state index contributed by atoms with van der Waals surface area (Å²) in [6.07, 6.45) is 3.18. The first-order valence-corrected chi connectivity index (χ1v) is 8.83. The molecule has 1 aliphatic rings. The molecule has 0 amide bonds. The topological polar surface area (TPSA) is 53.7 Å². The highest BCUT2D eigenvalue weighted by molar-refractivity contribution is 5.80. The molecule has 0 atom stereocenters. The summed E-state index contributed by atoms with van der Waals surface area (Å²) < 4.78 is 5.35. The van der Waals surface area contributed by atoms with Crippen molar-refractivity contribution in [1.29, 1.82) is 0 Å². The number of nitrogens with zero attached hydrogens (tertiary/aromatic N) is 1. The Morgan fingerprint density at radius 2 is 1.92 bits per heavy atom. The van der Waals surface area contributed by atoms with Gasteiger partial charge in [-0.25, -0.2) is 4.79 Å². The molecule has 4 rings (SSSR count). The van der Waals surface area contributed by atoms with E-state index < -0.39 is 0 Å². The Bertz CT molecular complexity index is 1030. The van der Waals surface area contributed by atoms with Crippen molar-refractivity contribution in [3.8, 4) is 5.75 Å². The van der Waals surface area contributed by atoms with Gasteiger partial charge in [0.25, 0.3) is 0 Å². The number of fused-ring (bicyclic) bond motifs is 1. The fourth-order valence-electron chi connectivity index (χ4n) is 3.50. The number of hydrogen-bond acceptors (Lipinski definition) is 4. The molecular weight excluding hydrogens is 326 g/mol. The molecular formula is C22H21NO3. The molecule has 1 N–H and O–H groups in total. The van der Waals surface area contributed by atoms with Crippen molar-refractivity contribution in [2.45, 2.75) is 19.9 Å². The van der Waals surface area contributed by atoms with Crippen LogP contribution in [-0.2, 0) is 6.54 Å². The third-order valence-corrected chi connectivity index (χ3v) is 4.91. The number of phenolic OH excluding ortho intramolecular Hbond substituents is 1. The molecule has 3 aromatic rings. The summed E-state index contributed by atoms with van der Waals surface area (Å²) in [5.74, 6) is 0.289. The number of rotatable bonds is 3. The zero-order valence-corrected chi connectivity index (χ0v) is 14.7. The third-order valence-electron chi connectivity index (χ3n) is 4.91. The molecule has 0 radical (unpaired) electrons. The van der Waals surface area contributed by atoms with Crippen LogP contribution in [-0.4, -0.2) is 23.1 Å². The molecule has 1 aromatic heterocycles. The second kappa shape index (κ2) is 6.81. The maximum Gasteiger partial charge on any atom is 0.336 e. The summed E-state index contributed by atoms with van der Waals surface area (Å²) in [4.78, 5) is 14.2. The lowest BCUT2D eigenvalue weighted by atomic mass is 9.99. The predicted octanol–water partition coefficient (Wildman–Crippen LogP) is 4.10. The highest BCUT2D eigenvalue weighted by Crippen LogP contribution is 2.26. The number of aryl methyl sites for hydroxylation is 1. The SMILES string of the molecule is Cc1ccc2c(CN3CC=C(c4ccc(O)cc4)CC3)cc(=O)oc2c1. The molecule has 0 bridgehead atoms. The van der Waals surface area contributed by atoms with Crippen molar-refractivity contribution < 1.29 is 9.52 Å². The van der Waals surface area contributed by atoms with Gasteiger partial charge in [0.15, 0.2) is 0 Å². The maximum atomic E-state index is 11.9. The molecule has 0 aliphatic carbocycles. The number of aromatic hydroxyl groups is 1. The standard InChI is InChI=1S/C22H21NO3/c1-15-2-7-20-18(13-22(25)26-21(20)12-15)14-23-10-8-17(9-11-23)16-3-5-19(24)6-4-16/h2-8,12-13,24H,9-11,14H2,1H3. The van der Waals surface area contributed by atoms with Gasteiger partial charge in [0.1, 0.15) is 11.3 Å². The Hall–Kier alpha value is -2.85. The van der Waals surface area contributed by atoms with E-state index in [9.17, 15) is 9.90 Å². The molecule has 4 nitrogen and oxygen atoms in total. The lowest BCUT2D eigenvalue weighted by Gasteiger charge is -2.26. The van der Waals surface area contributed by atoms with Gasteiger partial charge in [0.05, 0.1) is 0 Å². The smallest absolute Gasteiger partial charge is 0.336 e. The Labute approximate surface area is 152 Å². The van der Waals surface area contributed by atoms with Gasteiger partial charge in [0.2, 0.25) is 0 Å². The molecule has 26 heavy (non-hydrogen) atoms. The minimum absolute atomic E-state index is 0.289. The fraction of sp³-hybridized carbons (Fsp3) is 0.227. The summed E-state index contributed by atoms with van der Waals surface area (Å²) in [5, 5.41) is 10.4. The van der Waals surface area contributed by atoms with E-state index in [-0.39, 0.29) is 11.4 Å². The quantitative estimate of drug-likeness (QED) is 0.725. The van der Waals surface area contributed by atoms with Gasteiger partial charge in [-0.2, -0.15) is 0 Å².